The van der Waals surface area contributed by atoms with Gasteiger partial charge in [-0.05, 0) is 18.8 Å². The summed E-state index contributed by atoms with van der Waals surface area (Å²) in [5, 5.41) is 0.0132. The Morgan fingerprint density at radius 2 is 2.44 bits per heavy atom. The van der Waals surface area contributed by atoms with E-state index in [4.69, 9.17) is 10.5 Å². The SMILES string of the molecule is Cn1cnc(N)c1S(=O)(=O)NCC1CCCOC1. The van der Waals surface area contributed by atoms with Gasteiger partial charge in [0.15, 0.2) is 10.8 Å². The van der Waals surface area contributed by atoms with Crippen molar-refractivity contribution in [2.24, 2.45) is 13.0 Å². The van der Waals surface area contributed by atoms with Crippen molar-refractivity contribution in [1.82, 2.24) is 14.3 Å². The molecule has 2 heterocycles. The van der Waals surface area contributed by atoms with E-state index in [9.17, 15) is 8.42 Å². The number of aryl methyl sites for hydroxylation is 1. The first-order chi connectivity index (χ1) is 8.50. The first-order valence-electron chi connectivity index (χ1n) is 5.85. The Labute approximate surface area is 106 Å². The number of nitrogens with one attached hydrogen (secondary N) is 1. The van der Waals surface area contributed by atoms with E-state index in [2.05, 4.69) is 9.71 Å². The minimum absolute atomic E-state index is 0.0132. The number of imidazole rings is 1. The van der Waals surface area contributed by atoms with E-state index in [1.165, 1.54) is 10.9 Å². The quantitative estimate of drug-likeness (QED) is 0.786. The van der Waals surface area contributed by atoms with Crippen molar-refractivity contribution >= 4 is 15.8 Å². The first-order valence-corrected chi connectivity index (χ1v) is 7.33. The largest absolute Gasteiger partial charge is 0.381 e. The molecular formula is C10H18N4O3S. The summed E-state index contributed by atoms with van der Waals surface area (Å²) >= 11 is 0. The molecule has 0 aliphatic carbocycles. The van der Waals surface area contributed by atoms with Crippen LogP contribution in [0.15, 0.2) is 11.4 Å². The maximum atomic E-state index is 12.1. The molecule has 0 bridgehead atoms. The summed E-state index contributed by atoms with van der Waals surface area (Å²) in [6, 6.07) is 0. The number of rotatable bonds is 4. The number of anilines is 1. The molecule has 1 saturated heterocycles. The third-order valence-corrected chi connectivity index (χ3v) is 4.53. The average Bonchev–Trinajstić information content (AvgIpc) is 2.69. The van der Waals surface area contributed by atoms with Crippen molar-refractivity contribution in [3.63, 3.8) is 0 Å². The van der Waals surface area contributed by atoms with Crippen molar-refractivity contribution in [2.75, 3.05) is 25.5 Å². The topological polar surface area (TPSA) is 99.2 Å². The number of nitrogens with zero attached hydrogens (tertiary/aromatic N) is 2. The summed E-state index contributed by atoms with van der Waals surface area (Å²) in [6.45, 7) is 1.73. The third kappa shape index (κ3) is 2.82. The predicted molar refractivity (Wildman–Crippen MR) is 66.4 cm³/mol. The van der Waals surface area contributed by atoms with Crippen LogP contribution in [0.2, 0.25) is 0 Å². The van der Waals surface area contributed by atoms with Crippen LogP contribution in [0, 0.1) is 5.92 Å². The highest BCUT2D eigenvalue weighted by Gasteiger charge is 2.24. The van der Waals surface area contributed by atoms with Gasteiger partial charge in [-0.3, -0.25) is 0 Å². The molecule has 1 aromatic rings. The molecule has 1 fully saturated rings. The number of nitrogens with two attached hydrogens (primary N) is 1. The van der Waals surface area contributed by atoms with Gasteiger partial charge >= 0.3 is 0 Å². The van der Waals surface area contributed by atoms with Gasteiger partial charge < -0.3 is 15.0 Å². The fraction of sp³-hybridized carbons (Fsp3) is 0.700. The Balaban J connectivity index is 2.03. The molecule has 0 radical (unpaired) electrons. The maximum absolute atomic E-state index is 12.1. The highest BCUT2D eigenvalue weighted by Crippen LogP contribution is 2.17. The van der Waals surface area contributed by atoms with Crippen LogP contribution in [0.25, 0.3) is 0 Å². The Bertz CT molecular complexity index is 486. The summed E-state index contributed by atoms with van der Waals surface area (Å²) < 4.78 is 33.4. The van der Waals surface area contributed by atoms with Crippen molar-refractivity contribution < 1.29 is 13.2 Å². The van der Waals surface area contributed by atoms with Crippen LogP contribution in [0.5, 0.6) is 0 Å². The van der Waals surface area contributed by atoms with Gasteiger partial charge in [-0.1, -0.05) is 0 Å². The van der Waals surface area contributed by atoms with Crippen LogP contribution < -0.4 is 10.5 Å². The summed E-state index contributed by atoms with van der Waals surface area (Å²) in [6.07, 6.45) is 3.33. The van der Waals surface area contributed by atoms with Gasteiger partial charge in [0, 0.05) is 20.2 Å². The Morgan fingerprint density at radius 3 is 3.00 bits per heavy atom. The van der Waals surface area contributed by atoms with Crippen LogP contribution in [-0.4, -0.2) is 37.7 Å². The highest BCUT2D eigenvalue weighted by atomic mass is 32.2. The third-order valence-electron chi connectivity index (χ3n) is 2.98. The van der Waals surface area contributed by atoms with Crippen LogP contribution in [0.3, 0.4) is 0 Å². The second-order valence-electron chi connectivity index (χ2n) is 4.48. The van der Waals surface area contributed by atoms with E-state index in [1.54, 1.807) is 7.05 Å². The molecule has 1 aliphatic heterocycles. The molecule has 0 aromatic carbocycles. The maximum Gasteiger partial charge on any atom is 0.260 e. The minimum atomic E-state index is -3.61. The molecule has 0 amide bonds. The number of hydrogen-bond acceptors (Lipinski definition) is 5. The number of sulfonamides is 1. The minimum Gasteiger partial charge on any atom is -0.381 e. The zero-order valence-electron chi connectivity index (χ0n) is 10.3. The Hall–Kier alpha value is -1.12. The normalized spacial score (nSPS) is 21.1. The molecule has 0 spiro atoms. The van der Waals surface area contributed by atoms with E-state index >= 15 is 0 Å². The summed E-state index contributed by atoms with van der Waals surface area (Å²) in [7, 11) is -2.01. The lowest BCUT2D eigenvalue weighted by Crippen LogP contribution is -2.34. The fourth-order valence-corrected chi connectivity index (χ4v) is 3.37. The van der Waals surface area contributed by atoms with Gasteiger partial charge in [0.25, 0.3) is 10.0 Å². The molecule has 18 heavy (non-hydrogen) atoms. The molecule has 7 nitrogen and oxygen atoms in total. The molecule has 1 unspecified atom stereocenters. The monoisotopic (exact) mass is 274 g/mol. The van der Waals surface area contributed by atoms with E-state index < -0.39 is 10.0 Å². The molecule has 1 aliphatic rings. The number of hydrogen-bond donors (Lipinski definition) is 2. The predicted octanol–water partition coefficient (Wildman–Crippen LogP) is -0.293. The molecule has 0 saturated carbocycles. The lowest BCUT2D eigenvalue weighted by Gasteiger charge is -2.22. The van der Waals surface area contributed by atoms with Crippen LogP contribution in [0.1, 0.15) is 12.8 Å². The van der Waals surface area contributed by atoms with E-state index in [-0.39, 0.29) is 16.8 Å². The van der Waals surface area contributed by atoms with Crippen molar-refractivity contribution in [2.45, 2.75) is 17.9 Å². The van der Waals surface area contributed by atoms with E-state index in [0.29, 0.717) is 13.2 Å². The molecule has 102 valence electrons. The van der Waals surface area contributed by atoms with Gasteiger partial charge in [-0.25, -0.2) is 18.1 Å². The van der Waals surface area contributed by atoms with Gasteiger partial charge in [-0.15, -0.1) is 0 Å². The lowest BCUT2D eigenvalue weighted by molar-refractivity contribution is 0.0568. The Morgan fingerprint density at radius 1 is 1.67 bits per heavy atom. The van der Waals surface area contributed by atoms with Crippen LogP contribution in [0.4, 0.5) is 5.82 Å². The smallest absolute Gasteiger partial charge is 0.260 e. The Kier molecular flexibility index (Phi) is 3.88. The van der Waals surface area contributed by atoms with E-state index in [0.717, 1.165) is 19.4 Å². The van der Waals surface area contributed by atoms with E-state index in [1.807, 2.05) is 0 Å². The standard InChI is InChI=1S/C10H18N4O3S/c1-14-7-12-9(11)10(14)18(15,16)13-5-8-3-2-4-17-6-8/h7-8,13H,2-6,11H2,1H3. The van der Waals surface area contributed by atoms with Crippen LogP contribution in [-0.2, 0) is 21.8 Å². The number of aromatic nitrogens is 2. The number of ether oxygens (including phenoxy) is 1. The highest BCUT2D eigenvalue weighted by molar-refractivity contribution is 7.89. The second kappa shape index (κ2) is 5.25. The number of nitrogen functional groups attached to an aromatic ring is 1. The molecule has 1 aromatic heterocycles. The molecule has 2 rings (SSSR count). The van der Waals surface area contributed by atoms with Crippen molar-refractivity contribution in [1.29, 1.82) is 0 Å². The van der Waals surface area contributed by atoms with Gasteiger partial charge in [0.2, 0.25) is 0 Å². The van der Waals surface area contributed by atoms with Gasteiger partial charge in [0.1, 0.15) is 0 Å². The first kappa shape index (κ1) is 13.3. The lowest BCUT2D eigenvalue weighted by atomic mass is 10.0. The van der Waals surface area contributed by atoms with Crippen molar-refractivity contribution in [3.8, 4) is 0 Å². The average molecular weight is 274 g/mol. The van der Waals surface area contributed by atoms with Gasteiger partial charge in [-0.2, -0.15) is 0 Å². The van der Waals surface area contributed by atoms with Gasteiger partial charge in [0.05, 0.1) is 12.9 Å². The second-order valence-corrected chi connectivity index (χ2v) is 6.16. The van der Waals surface area contributed by atoms with Crippen molar-refractivity contribution in [3.05, 3.63) is 6.33 Å². The fourth-order valence-electron chi connectivity index (χ4n) is 2.03. The molecular weight excluding hydrogens is 256 g/mol. The zero-order valence-corrected chi connectivity index (χ0v) is 11.1. The zero-order chi connectivity index (χ0) is 13.2. The summed E-state index contributed by atoms with van der Waals surface area (Å²) in [5.41, 5.74) is 5.56. The summed E-state index contributed by atoms with van der Waals surface area (Å²) in [5.74, 6) is 0.243. The summed E-state index contributed by atoms with van der Waals surface area (Å²) in [4.78, 5) is 3.77. The molecule has 3 N–H and O–H groups in total. The molecule has 1 atom stereocenters. The molecule has 8 heteroatoms. The van der Waals surface area contributed by atoms with Crippen LogP contribution >= 0.6 is 0 Å².